The van der Waals surface area contributed by atoms with Gasteiger partial charge in [-0.05, 0) is 19.9 Å². The number of carbonyl (C=O) groups excluding carboxylic acids is 1. The summed E-state index contributed by atoms with van der Waals surface area (Å²) in [7, 11) is 1.74. The molecule has 2 rings (SSSR count). The topological polar surface area (TPSA) is 62.1 Å². The molecule has 0 unspecified atom stereocenters. The molecule has 17 heavy (non-hydrogen) atoms. The highest BCUT2D eigenvalue weighted by atomic mass is 16.3. The van der Waals surface area contributed by atoms with Crippen molar-refractivity contribution in [2.75, 3.05) is 7.05 Å². The van der Waals surface area contributed by atoms with Crippen molar-refractivity contribution in [3.63, 3.8) is 0 Å². The second-order valence-electron chi connectivity index (χ2n) is 4.08. The molecule has 0 fully saturated rings. The van der Waals surface area contributed by atoms with Gasteiger partial charge in [0.1, 0.15) is 5.76 Å². The second-order valence-corrected chi connectivity index (χ2v) is 4.08. The summed E-state index contributed by atoms with van der Waals surface area (Å²) in [5, 5.41) is 0. The summed E-state index contributed by atoms with van der Waals surface area (Å²) < 4.78 is 5.19. The average molecular weight is 233 g/mol. The van der Waals surface area contributed by atoms with Crippen LogP contribution >= 0.6 is 0 Å². The molecule has 1 N–H and O–H groups in total. The van der Waals surface area contributed by atoms with Gasteiger partial charge in [-0.25, -0.2) is 4.98 Å². The molecule has 5 heteroatoms. The van der Waals surface area contributed by atoms with Crippen molar-refractivity contribution in [1.82, 2.24) is 14.9 Å². The first-order valence-corrected chi connectivity index (χ1v) is 5.38. The molecule has 0 saturated heterocycles. The zero-order valence-electron chi connectivity index (χ0n) is 10.2. The van der Waals surface area contributed by atoms with Crippen LogP contribution in [0.2, 0.25) is 0 Å². The van der Waals surface area contributed by atoms with Crippen LogP contribution in [0.5, 0.6) is 0 Å². The first-order valence-electron chi connectivity index (χ1n) is 5.38. The number of aromatic amines is 1. The molecule has 2 aromatic heterocycles. The highest BCUT2D eigenvalue weighted by molar-refractivity contribution is 5.90. The van der Waals surface area contributed by atoms with E-state index in [1.54, 1.807) is 24.4 Å². The van der Waals surface area contributed by atoms with Gasteiger partial charge in [-0.15, -0.1) is 0 Å². The Morgan fingerprint density at radius 3 is 2.82 bits per heavy atom. The normalized spacial score (nSPS) is 10.5. The van der Waals surface area contributed by atoms with Gasteiger partial charge in [-0.1, -0.05) is 0 Å². The third kappa shape index (κ3) is 2.38. The van der Waals surface area contributed by atoms with Gasteiger partial charge in [-0.3, -0.25) is 4.79 Å². The van der Waals surface area contributed by atoms with E-state index in [0.717, 1.165) is 17.0 Å². The van der Waals surface area contributed by atoms with E-state index in [2.05, 4.69) is 9.97 Å². The van der Waals surface area contributed by atoms with Crippen LogP contribution in [0.3, 0.4) is 0 Å². The molecule has 0 bridgehead atoms. The highest BCUT2D eigenvalue weighted by Crippen LogP contribution is 2.12. The van der Waals surface area contributed by atoms with Gasteiger partial charge in [0.05, 0.1) is 6.26 Å². The maximum atomic E-state index is 12.0. The average Bonchev–Trinajstić information content (AvgIpc) is 2.88. The Labute approximate surface area is 99.5 Å². The minimum Gasteiger partial charge on any atom is -0.469 e. The first kappa shape index (κ1) is 11.4. The minimum atomic E-state index is -0.126. The number of hydrogen-bond acceptors (Lipinski definition) is 3. The van der Waals surface area contributed by atoms with Gasteiger partial charge >= 0.3 is 0 Å². The number of nitrogens with zero attached hydrogens (tertiary/aromatic N) is 2. The third-order valence-electron chi connectivity index (χ3n) is 2.63. The van der Waals surface area contributed by atoms with E-state index in [9.17, 15) is 4.79 Å². The van der Waals surface area contributed by atoms with E-state index in [-0.39, 0.29) is 5.91 Å². The smallest absolute Gasteiger partial charge is 0.289 e. The molecule has 0 aliphatic rings. The van der Waals surface area contributed by atoms with Crippen molar-refractivity contribution in [2.24, 2.45) is 0 Å². The van der Waals surface area contributed by atoms with E-state index in [1.165, 1.54) is 0 Å². The molecular weight excluding hydrogens is 218 g/mol. The summed E-state index contributed by atoms with van der Waals surface area (Å²) in [5.74, 6) is 1.07. The number of carbonyl (C=O) groups is 1. The Hall–Kier alpha value is -2.04. The largest absolute Gasteiger partial charge is 0.469 e. The molecule has 5 nitrogen and oxygen atoms in total. The number of furan rings is 1. The summed E-state index contributed by atoms with van der Waals surface area (Å²) in [4.78, 5) is 20.5. The van der Waals surface area contributed by atoms with Crippen molar-refractivity contribution in [1.29, 1.82) is 0 Å². The molecule has 90 valence electrons. The highest BCUT2D eigenvalue weighted by Gasteiger charge is 2.16. The van der Waals surface area contributed by atoms with Gasteiger partial charge in [-0.2, -0.15) is 0 Å². The Morgan fingerprint density at radius 1 is 1.53 bits per heavy atom. The molecule has 1 amide bonds. The number of H-pyrrole nitrogens is 1. The summed E-state index contributed by atoms with van der Waals surface area (Å²) in [6, 6.07) is 1.87. The molecular formula is C12H15N3O2. The first-order chi connectivity index (χ1) is 8.08. The van der Waals surface area contributed by atoms with Gasteiger partial charge < -0.3 is 14.3 Å². The van der Waals surface area contributed by atoms with E-state index in [4.69, 9.17) is 4.42 Å². The molecule has 0 spiro atoms. The van der Waals surface area contributed by atoms with Crippen molar-refractivity contribution in [3.8, 4) is 0 Å². The lowest BCUT2D eigenvalue weighted by Crippen LogP contribution is -2.27. The number of aryl methyl sites for hydroxylation is 2. The zero-order valence-corrected chi connectivity index (χ0v) is 10.2. The molecule has 0 saturated carbocycles. The fraction of sp³-hybridized carbons (Fsp3) is 0.333. The van der Waals surface area contributed by atoms with Crippen LogP contribution in [-0.2, 0) is 6.54 Å². The quantitative estimate of drug-likeness (QED) is 0.880. The molecule has 0 radical (unpaired) electrons. The lowest BCUT2D eigenvalue weighted by molar-refractivity contribution is 0.0773. The molecule has 0 aromatic carbocycles. The summed E-state index contributed by atoms with van der Waals surface area (Å²) >= 11 is 0. The van der Waals surface area contributed by atoms with Crippen LogP contribution in [0.15, 0.2) is 22.9 Å². The van der Waals surface area contributed by atoms with E-state index >= 15 is 0 Å². The maximum Gasteiger partial charge on any atom is 0.289 e. The molecule has 2 heterocycles. The summed E-state index contributed by atoms with van der Waals surface area (Å²) in [6.45, 7) is 4.26. The van der Waals surface area contributed by atoms with Gasteiger partial charge in [0.25, 0.3) is 5.91 Å². The minimum absolute atomic E-state index is 0.126. The molecule has 0 aliphatic heterocycles. The standard InChI is InChI=1S/C12H15N3O2/c1-8-6-13-11(14-8)12(16)15(3)7-10-4-5-17-9(10)2/h4-6H,7H2,1-3H3,(H,13,14). The van der Waals surface area contributed by atoms with Crippen molar-refractivity contribution >= 4 is 5.91 Å². The van der Waals surface area contributed by atoms with Crippen molar-refractivity contribution < 1.29 is 9.21 Å². The number of rotatable bonds is 3. The predicted octanol–water partition coefficient (Wildman–Crippen LogP) is 1.89. The summed E-state index contributed by atoms with van der Waals surface area (Å²) in [6.07, 6.45) is 3.27. The lowest BCUT2D eigenvalue weighted by Gasteiger charge is -2.15. The maximum absolute atomic E-state index is 12.0. The van der Waals surface area contributed by atoms with E-state index in [1.807, 2.05) is 19.9 Å². The van der Waals surface area contributed by atoms with Crippen LogP contribution in [0.4, 0.5) is 0 Å². The Morgan fingerprint density at radius 2 is 2.29 bits per heavy atom. The molecule has 2 aromatic rings. The van der Waals surface area contributed by atoms with Gasteiger partial charge in [0, 0.05) is 31.0 Å². The van der Waals surface area contributed by atoms with Crippen LogP contribution in [0.1, 0.15) is 27.6 Å². The van der Waals surface area contributed by atoms with Crippen molar-refractivity contribution in [3.05, 3.63) is 41.4 Å². The number of aromatic nitrogens is 2. The van der Waals surface area contributed by atoms with Crippen LogP contribution in [0, 0.1) is 13.8 Å². The summed E-state index contributed by atoms with van der Waals surface area (Å²) in [5.41, 5.74) is 1.88. The van der Waals surface area contributed by atoms with Crippen LogP contribution in [0.25, 0.3) is 0 Å². The SMILES string of the molecule is Cc1cnc(C(=O)N(C)Cc2ccoc2C)[nH]1. The molecule has 0 atom stereocenters. The predicted molar refractivity (Wildman–Crippen MR) is 62.6 cm³/mol. The number of nitrogens with one attached hydrogen (secondary N) is 1. The fourth-order valence-corrected chi connectivity index (χ4v) is 1.60. The van der Waals surface area contributed by atoms with Crippen LogP contribution in [-0.4, -0.2) is 27.8 Å². The van der Waals surface area contributed by atoms with Crippen LogP contribution < -0.4 is 0 Å². The second kappa shape index (κ2) is 4.45. The number of hydrogen-bond donors (Lipinski definition) is 1. The van der Waals surface area contributed by atoms with E-state index < -0.39 is 0 Å². The Kier molecular flexibility index (Phi) is 2.99. The lowest BCUT2D eigenvalue weighted by atomic mass is 10.2. The Balaban J connectivity index is 2.08. The van der Waals surface area contributed by atoms with Gasteiger partial charge in [0.15, 0.2) is 5.82 Å². The zero-order chi connectivity index (χ0) is 12.4. The number of amides is 1. The number of imidazole rings is 1. The monoisotopic (exact) mass is 233 g/mol. The van der Waals surface area contributed by atoms with Gasteiger partial charge in [0.2, 0.25) is 0 Å². The van der Waals surface area contributed by atoms with Crippen molar-refractivity contribution in [2.45, 2.75) is 20.4 Å². The van der Waals surface area contributed by atoms with E-state index in [0.29, 0.717) is 12.4 Å². The molecule has 0 aliphatic carbocycles. The fourth-order valence-electron chi connectivity index (χ4n) is 1.60. The third-order valence-corrected chi connectivity index (χ3v) is 2.63. The Bertz CT molecular complexity index is 527.